The van der Waals surface area contributed by atoms with Crippen molar-refractivity contribution < 1.29 is 4.39 Å². The van der Waals surface area contributed by atoms with Crippen molar-refractivity contribution in [3.63, 3.8) is 0 Å². The van der Waals surface area contributed by atoms with E-state index in [1.54, 1.807) is 6.07 Å². The van der Waals surface area contributed by atoms with E-state index in [0.717, 1.165) is 28.9 Å². The van der Waals surface area contributed by atoms with E-state index >= 15 is 0 Å². The summed E-state index contributed by atoms with van der Waals surface area (Å²) in [5.74, 6) is -0.198. The van der Waals surface area contributed by atoms with Crippen molar-refractivity contribution >= 4 is 27.2 Å². The van der Waals surface area contributed by atoms with Crippen molar-refractivity contribution in [3.05, 3.63) is 35.8 Å². The third kappa shape index (κ3) is 1.46. The van der Waals surface area contributed by atoms with E-state index in [9.17, 15) is 4.39 Å². The van der Waals surface area contributed by atoms with E-state index in [2.05, 4.69) is 15.8 Å². The van der Waals surface area contributed by atoms with Gasteiger partial charge in [0.1, 0.15) is 5.82 Å². The van der Waals surface area contributed by atoms with E-state index in [1.807, 2.05) is 6.07 Å². The fourth-order valence-electron chi connectivity index (χ4n) is 1.80. The summed E-state index contributed by atoms with van der Waals surface area (Å²) in [4.78, 5) is 0. The first-order chi connectivity index (χ1) is 7.34. The third-order valence-electron chi connectivity index (χ3n) is 2.55. The van der Waals surface area contributed by atoms with Crippen LogP contribution in [0.5, 0.6) is 0 Å². The number of aromatic nitrogens is 1. The molecule has 0 saturated carbocycles. The average Bonchev–Trinajstić information content (AvgIpc) is 2.82. The van der Waals surface area contributed by atoms with Crippen LogP contribution in [0.2, 0.25) is 0 Å². The van der Waals surface area contributed by atoms with Crippen molar-refractivity contribution in [2.45, 2.75) is 0 Å². The molecule has 0 aliphatic carbocycles. The minimum Gasteiger partial charge on any atom is -0.309 e. The Bertz CT molecular complexity index is 545. The molecule has 1 N–H and O–H groups in total. The van der Waals surface area contributed by atoms with E-state index in [-0.39, 0.29) is 5.82 Å². The van der Waals surface area contributed by atoms with Gasteiger partial charge in [0.05, 0.1) is 10.4 Å². The molecule has 0 saturated heterocycles. The van der Waals surface area contributed by atoms with Gasteiger partial charge in [0.25, 0.3) is 0 Å². The number of rotatable bonds is 1. The molecule has 0 amide bonds. The van der Waals surface area contributed by atoms with Crippen molar-refractivity contribution in [1.82, 2.24) is 9.69 Å². The highest BCUT2D eigenvalue weighted by molar-refractivity contribution is 7.13. The maximum absolute atomic E-state index is 13.0. The van der Waals surface area contributed by atoms with Crippen LogP contribution in [-0.4, -0.2) is 17.5 Å². The van der Waals surface area contributed by atoms with Crippen molar-refractivity contribution in [3.8, 4) is 0 Å². The van der Waals surface area contributed by atoms with Crippen LogP contribution in [-0.2, 0) is 0 Å². The second-order valence-corrected chi connectivity index (χ2v) is 4.34. The van der Waals surface area contributed by atoms with Gasteiger partial charge in [-0.05, 0) is 35.3 Å². The molecule has 76 valence electrons. The summed E-state index contributed by atoms with van der Waals surface area (Å²) in [5.41, 5.74) is 2.22. The zero-order chi connectivity index (χ0) is 10.3. The van der Waals surface area contributed by atoms with E-state index in [0.29, 0.717) is 0 Å². The van der Waals surface area contributed by atoms with Crippen LogP contribution in [0.4, 0.5) is 4.39 Å². The number of nitrogens with zero attached hydrogens (tertiary/aromatic N) is 1. The van der Waals surface area contributed by atoms with Crippen LogP contribution in [0.1, 0.15) is 5.69 Å². The van der Waals surface area contributed by atoms with Gasteiger partial charge in [-0.2, -0.15) is 4.37 Å². The Morgan fingerprint density at radius 1 is 1.40 bits per heavy atom. The molecule has 2 heterocycles. The zero-order valence-electron chi connectivity index (χ0n) is 7.96. The lowest BCUT2D eigenvalue weighted by molar-refractivity contribution is 0.630. The predicted molar refractivity (Wildman–Crippen MR) is 60.4 cm³/mol. The number of halogens is 1. The Labute approximate surface area is 90.6 Å². The Morgan fingerprint density at radius 2 is 2.33 bits per heavy atom. The normalized spacial score (nSPS) is 15.9. The Morgan fingerprint density at radius 3 is 3.13 bits per heavy atom. The number of hydrogen-bond donors (Lipinski definition) is 1. The Balaban J connectivity index is 2.19. The predicted octanol–water partition coefficient (Wildman–Crippen LogP) is 2.42. The second kappa shape index (κ2) is 3.40. The lowest BCUT2D eigenvalue weighted by Gasteiger charge is -1.97. The van der Waals surface area contributed by atoms with Crippen LogP contribution < -0.4 is 5.32 Å². The summed E-state index contributed by atoms with van der Waals surface area (Å²) in [5, 5.41) is 4.29. The molecule has 15 heavy (non-hydrogen) atoms. The molecule has 0 bridgehead atoms. The minimum atomic E-state index is -0.198. The Kier molecular flexibility index (Phi) is 2.04. The molecular formula is C11H9FN2S. The molecule has 0 atom stereocenters. The van der Waals surface area contributed by atoms with Crippen LogP contribution >= 0.6 is 11.5 Å². The zero-order valence-corrected chi connectivity index (χ0v) is 8.77. The molecule has 1 aromatic heterocycles. The highest BCUT2D eigenvalue weighted by Gasteiger charge is 2.13. The number of hydrogen-bond acceptors (Lipinski definition) is 3. The van der Waals surface area contributed by atoms with Gasteiger partial charge >= 0.3 is 0 Å². The minimum absolute atomic E-state index is 0.198. The van der Waals surface area contributed by atoms with Gasteiger partial charge in [0.15, 0.2) is 0 Å². The molecule has 1 aliphatic rings. The van der Waals surface area contributed by atoms with Gasteiger partial charge in [-0.3, -0.25) is 0 Å². The SMILES string of the molecule is Fc1ccc2c(C3=CCNC3)nsc2c1. The average molecular weight is 220 g/mol. The highest BCUT2D eigenvalue weighted by atomic mass is 32.1. The summed E-state index contributed by atoms with van der Waals surface area (Å²) in [6.45, 7) is 1.76. The molecule has 1 aliphatic heterocycles. The van der Waals surface area contributed by atoms with E-state index in [1.165, 1.54) is 23.2 Å². The van der Waals surface area contributed by atoms with Gasteiger partial charge in [0.2, 0.25) is 0 Å². The first-order valence-corrected chi connectivity index (χ1v) is 5.57. The molecule has 0 spiro atoms. The van der Waals surface area contributed by atoms with Gasteiger partial charge in [-0.25, -0.2) is 4.39 Å². The topological polar surface area (TPSA) is 24.9 Å². The van der Waals surface area contributed by atoms with Gasteiger partial charge in [-0.15, -0.1) is 0 Å². The summed E-state index contributed by atoms with van der Waals surface area (Å²) in [7, 11) is 0. The molecular weight excluding hydrogens is 211 g/mol. The quantitative estimate of drug-likeness (QED) is 0.798. The lowest BCUT2D eigenvalue weighted by Crippen LogP contribution is -2.07. The summed E-state index contributed by atoms with van der Waals surface area (Å²) in [6, 6.07) is 4.84. The summed E-state index contributed by atoms with van der Waals surface area (Å²) < 4.78 is 18.3. The molecule has 4 heteroatoms. The van der Waals surface area contributed by atoms with Crippen LogP contribution in [0.25, 0.3) is 15.7 Å². The molecule has 0 fully saturated rings. The second-order valence-electron chi connectivity index (χ2n) is 3.53. The van der Waals surface area contributed by atoms with Gasteiger partial charge in [0, 0.05) is 18.5 Å². The van der Waals surface area contributed by atoms with Crippen LogP contribution in [0, 0.1) is 5.82 Å². The van der Waals surface area contributed by atoms with Crippen molar-refractivity contribution in [2.24, 2.45) is 0 Å². The third-order valence-corrected chi connectivity index (χ3v) is 3.35. The molecule has 0 unspecified atom stereocenters. The van der Waals surface area contributed by atoms with Crippen LogP contribution in [0.3, 0.4) is 0 Å². The maximum Gasteiger partial charge on any atom is 0.124 e. The van der Waals surface area contributed by atoms with E-state index < -0.39 is 0 Å². The fourth-order valence-corrected chi connectivity index (χ4v) is 2.63. The molecule has 2 nitrogen and oxygen atoms in total. The highest BCUT2D eigenvalue weighted by Crippen LogP contribution is 2.28. The lowest BCUT2D eigenvalue weighted by atomic mass is 10.1. The molecule has 1 aromatic carbocycles. The standard InChI is InChI=1S/C11H9FN2S/c12-8-1-2-9-10(5-8)15-14-11(9)7-3-4-13-6-7/h1-3,5,13H,4,6H2. The summed E-state index contributed by atoms with van der Waals surface area (Å²) >= 11 is 1.36. The maximum atomic E-state index is 13.0. The number of nitrogens with one attached hydrogen (secondary N) is 1. The van der Waals surface area contributed by atoms with E-state index in [4.69, 9.17) is 0 Å². The summed E-state index contributed by atoms with van der Waals surface area (Å²) in [6.07, 6.45) is 2.14. The van der Waals surface area contributed by atoms with Gasteiger partial charge in [-0.1, -0.05) is 6.08 Å². The van der Waals surface area contributed by atoms with Crippen molar-refractivity contribution in [1.29, 1.82) is 0 Å². The van der Waals surface area contributed by atoms with Gasteiger partial charge < -0.3 is 5.32 Å². The largest absolute Gasteiger partial charge is 0.309 e. The monoisotopic (exact) mass is 220 g/mol. The van der Waals surface area contributed by atoms with Crippen molar-refractivity contribution in [2.75, 3.05) is 13.1 Å². The number of benzene rings is 1. The molecule has 2 aromatic rings. The number of fused-ring (bicyclic) bond motifs is 1. The Hall–Kier alpha value is -1.26. The fraction of sp³-hybridized carbons (Fsp3) is 0.182. The molecule has 3 rings (SSSR count). The first kappa shape index (κ1) is 9.00. The van der Waals surface area contributed by atoms with Crippen LogP contribution in [0.15, 0.2) is 24.3 Å². The molecule has 0 radical (unpaired) electrons. The first-order valence-electron chi connectivity index (χ1n) is 4.79. The smallest absolute Gasteiger partial charge is 0.124 e.